The summed E-state index contributed by atoms with van der Waals surface area (Å²) in [7, 11) is 0. The van der Waals surface area contributed by atoms with Crippen LogP contribution in [-0.4, -0.2) is 47.5 Å². The van der Waals surface area contributed by atoms with Gasteiger partial charge in [-0.1, -0.05) is 12.1 Å². The van der Waals surface area contributed by atoms with Gasteiger partial charge in [0.1, 0.15) is 5.82 Å². The second-order valence-electron chi connectivity index (χ2n) is 7.81. The van der Waals surface area contributed by atoms with E-state index >= 15 is 0 Å². The molecule has 1 saturated heterocycles. The number of nitrogens with zero attached hydrogens (tertiary/aromatic N) is 6. The molecule has 1 fully saturated rings. The van der Waals surface area contributed by atoms with Crippen molar-refractivity contribution < 1.29 is 0 Å². The van der Waals surface area contributed by atoms with Crippen molar-refractivity contribution in [1.82, 2.24) is 34.4 Å². The molecule has 8 heteroatoms. The van der Waals surface area contributed by atoms with Crippen LogP contribution >= 0.6 is 0 Å². The van der Waals surface area contributed by atoms with Gasteiger partial charge in [0, 0.05) is 30.8 Å². The van der Waals surface area contributed by atoms with Crippen LogP contribution in [-0.2, 0) is 13.1 Å². The van der Waals surface area contributed by atoms with Crippen molar-refractivity contribution in [1.29, 1.82) is 0 Å². The Balaban J connectivity index is 1.24. The highest BCUT2D eigenvalue weighted by Crippen LogP contribution is 2.20. The molecule has 0 saturated carbocycles. The number of aryl methyl sites for hydroxylation is 2. The molecule has 1 aliphatic rings. The summed E-state index contributed by atoms with van der Waals surface area (Å²) >= 11 is 0. The van der Waals surface area contributed by atoms with E-state index in [1.807, 2.05) is 44.2 Å². The van der Waals surface area contributed by atoms with E-state index in [-0.39, 0.29) is 5.56 Å². The Morgan fingerprint density at radius 3 is 2.69 bits per heavy atom. The zero-order valence-electron chi connectivity index (χ0n) is 16.5. The first-order chi connectivity index (χ1) is 14.0. The molecular formula is C21H23N7O. The lowest BCUT2D eigenvalue weighted by atomic mass is 10.0. The van der Waals surface area contributed by atoms with Gasteiger partial charge in [-0.25, -0.2) is 14.3 Å². The van der Waals surface area contributed by atoms with Crippen molar-refractivity contribution in [2.45, 2.75) is 26.9 Å². The minimum atomic E-state index is -0.0778. The second kappa shape index (κ2) is 6.97. The molecule has 3 aromatic heterocycles. The van der Waals surface area contributed by atoms with E-state index in [1.54, 1.807) is 21.5 Å². The normalized spacial score (nSPS) is 15.1. The van der Waals surface area contributed by atoms with Gasteiger partial charge in [-0.3, -0.25) is 9.69 Å². The maximum absolute atomic E-state index is 12.3. The Hall–Kier alpha value is -3.26. The zero-order valence-corrected chi connectivity index (χ0v) is 16.5. The highest BCUT2D eigenvalue weighted by molar-refractivity contribution is 5.74. The quantitative estimate of drug-likeness (QED) is 0.565. The number of nitrogens with one attached hydrogen (secondary N) is 1. The minimum absolute atomic E-state index is 0.0778. The molecule has 0 amide bonds. The lowest BCUT2D eigenvalue weighted by molar-refractivity contribution is 0.0743. The van der Waals surface area contributed by atoms with Gasteiger partial charge in [0.25, 0.3) is 5.56 Å². The van der Waals surface area contributed by atoms with Gasteiger partial charge in [0.05, 0.1) is 29.8 Å². The number of H-pyrrole nitrogens is 1. The van der Waals surface area contributed by atoms with E-state index in [4.69, 9.17) is 0 Å². The van der Waals surface area contributed by atoms with Crippen LogP contribution in [0.1, 0.15) is 17.2 Å². The number of aromatic amines is 1. The van der Waals surface area contributed by atoms with Gasteiger partial charge in [0.2, 0.25) is 0 Å². The molecule has 0 aliphatic carbocycles. The number of likely N-dealkylation sites (tertiary alicyclic amines) is 1. The van der Waals surface area contributed by atoms with Crippen LogP contribution in [0.5, 0.6) is 0 Å². The third-order valence-electron chi connectivity index (χ3n) is 5.35. The number of rotatable bonds is 5. The fraction of sp³-hybridized carbons (Fsp3) is 0.333. The predicted octanol–water partition coefficient (Wildman–Crippen LogP) is 2.05. The lowest BCUT2D eigenvalue weighted by Gasteiger charge is -2.38. The monoisotopic (exact) mass is 389 g/mol. The molecule has 1 aromatic carbocycles. The summed E-state index contributed by atoms with van der Waals surface area (Å²) in [6.45, 7) is 7.19. The average Bonchev–Trinajstić information content (AvgIpc) is 3.23. The molecule has 1 aliphatic heterocycles. The first-order valence-corrected chi connectivity index (χ1v) is 9.83. The molecule has 5 rings (SSSR count). The van der Waals surface area contributed by atoms with Crippen LogP contribution in [0.2, 0.25) is 0 Å². The number of imidazole rings is 1. The molecule has 0 atom stereocenters. The van der Waals surface area contributed by atoms with E-state index in [2.05, 4.69) is 25.1 Å². The van der Waals surface area contributed by atoms with Gasteiger partial charge in [-0.2, -0.15) is 5.10 Å². The Kier molecular flexibility index (Phi) is 4.28. The van der Waals surface area contributed by atoms with Gasteiger partial charge in [0.15, 0.2) is 5.82 Å². The molecule has 29 heavy (non-hydrogen) atoms. The standard InChI is InChI=1S/C21H23N7O/c1-14-9-15(2)28(24-14)20-7-8-21(29)27(25-20)12-16-10-26(11-16)13-19-22-17-5-3-4-6-18(17)23-19/h3-9,16H,10-13H2,1-2H3,(H,22,23). The van der Waals surface area contributed by atoms with Crippen molar-refractivity contribution >= 4 is 11.0 Å². The third kappa shape index (κ3) is 3.47. The van der Waals surface area contributed by atoms with Crippen LogP contribution in [0.3, 0.4) is 0 Å². The van der Waals surface area contributed by atoms with Crippen LogP contribution in [0.15, 0.2) is 47.3 Å². The highest BCUT2D eigenvalue weighted by Gasteiger charge is 2.28. The fourth-order valence-corrected chi connectivity index (χ4v) is 4.00. The maximum Gasteiger partial charge on any atom is 0.266 e. The Bertz CT molecular complexity index is 1200. The highest BCUT2D eigenvalue weighted by atomic mass is 16.1. The van der Waals surface area contributed by atoms with Crippen LogP contribution < -0.4 is 5.56 Å². The molecule has 1 N–H and O–H groups in total. The number of para-hydroxylation sites is 2. The predicted molar refractivity (Wildman–Crippen MR) is 110 cm³/mol. The maximum atomic E-state index is 12.3. The molecule has 4 aromatic rings. The smallest absolute Gasteiger partial charge is 0.266 e. The summed E-state index contributed by atoms with van der Waals surface area (Å²) in [5, 5.41) is 9.01. The van der Waals surface area contributed by atoms with Crippen molar-refractivity contribution in [3.63, 3.8) is 0 Å². The summed E-state index contributed by atoms with van der Waals surface area (Å²) in [5.41, 5.74) is 3.92. The molecule has 148 valence electrons. The molecular weight excluding hydrogens is 366 g/mol. The topological polar surface area (TPSA) is 84.6 Å². The number of hydrogen-bond donors (Lipinski definition) is 1. The van der Waals surface area contributed by atoms with E-state index in [1.165, 1.54) is 0 Å². The van der Waals surface area contributed by atoms with E-state index < -0.39 is 0 Å². The number of aromatic nitrogens is 6. The van der Waals surface area contributed by atoms with Gasteiger partial charge in [-0.15, -0.1) is 5.10 Å². The molecule has 0 unspecified atom stereocenters. The van der Waals surface area contributed by atoms with E-state index in [0.29, 0.717) is 18.3 Å². The Morgan fingerprint density at radius 1 is 1.10 bits per heavy atom. The molecule has 8 nitrogen and oxygen atoms in total. The summed E-state index contributed by atoms with van der Waals surface area (Å²) in [6, 6.07) is 13.4. The third-order valence-corrected chi connectivity index (χ3v) is 5.35. The van der Waals surface area contributed by atoms with Crippen LogP contribution in [0.4, 0.5) is 0 Å². The molecule has 0 spiro atoms. The van der Waals surface area contributed by atoms with Gasteiger partial charge in [-0.05, 0) is 38.1 Å². The molecule has 4 heterocycles. The fourth-order valence-electron chi connectivity index (χ4n) is 4.00. The summed E-state index contributed by atoms with van der Waals surface area (Å²) in [4.78, 5) is 22.6. The second-order valence-corrected chi connectivity index (χ2v) is 7.81. The summed E-state index contributed by atoms with van der Waals surface area (Å²) < 4.78 is 3.34. The van der Waals surface area contributed by atoms with E-state index in [9.17, 15) is 4.79 Å². The number of fused-ring (bicyclic) bond motifs is 1. The van der Waals surface area contributed by atoms with Crippen LogP contribution in [0, 0.1) is 19.8 Å². The minimum Gasteiger partial charge on any atom is -0.341 e. The average molecular weight is 389 g/mol. The van der Waals surface area contributed by atoms with E-state index in [0.717, 1.165) is 47.9 Å². The van der Waals surface area contributed by atoms with Gasteiger partial charge < -0.3 is 4.98 Å². The largest absolute Gasteiger partial charge is 0.341 e. The lowest BCUT2D eigenvalue weighted by Crippen LogP contribution is -2.49. The Labute approximate surface area is 167 Å². The first kappa shape index (κ1) is 17.8. The molecule has 0 bridgehead atoms. The summed E-state index contributed by atoms with van der Waals surface area (Å²) in [5.74, 6) is 2.06. The molecule has 0 radical (unpaired) electrons. The van der Waals surface area contributed by atoms with Crippen molar-refractivity contribution in [2.24, 2.45) is 5.92 Å². The number of hydrogen-bond acceptors (Lipinski definition) is 5. The SMILES string of the molecule is Cc1cc(C)n(-c2ccc(=O)n(CC3CN(Cc4nc5ccccc5[nH]4)C3)n2)n1. The van der Waals surface area contributed by atoms with Crippen LogP contribution in [0.25, 0.3) is 16.9 Å². The summed E-state index contributed by atoms with van der Waals surface area (Å²) in [6.07, 6.45) is 0. The van der Waals surface area contributed by atoms with Crippen molar-refractivity contribution in [2.75, 3.05) is 13.1 Å². The number of benzene rings is 1. The van der Waals surface area contributed by atoms with Gasteiger partial charge >= 0.3 is 0 Å². The first-order valence-electron chi connectivity index (χ1n) is 9.83. The van der Waals surface area contributed by atoms with Crippen molar-refractivity contribution in [3.05, 3.63) is 70.0 Å². The Morgan fingerprint density at radius 2 is 1.93 bits per heavy atom. The van der Waals surface area contributed by atoms with Crippen molar-refractivity contribution in [3.8, 4) is 5.82 Å². The zero-order chi connectivity index (χ0) is 20.0.